The van der Waals surface area contributed by atoms with Crippen molar-refractivity contribution in [3.05, 3.63) is 34.9 Å². The van der Waals surface area contributed by atoms with Gasteiger partial charge in [0, 0.05) is 13.1 Å². The van der Waals surface area contributed by atoms with E-state index in [4.69, 9.17) is 10.5 Å². The van der Waals surface area contributed by atoms with Gasteiger partial charge in [0.2, 0.25) is 11.8 Å². The molecular weight excluding hydrogens is 292 g/mol. The van der Waals surface area contributed by atoms with Gasteiger partial charge in [0.25, 0.3) is 0 Å². The molecule has 1 saturated carbocycles. The second kappa shape index (κ2) is 5.34. The minimum absolute atomic E-state index is 0.0962. The lowest BCUT2D eigenvalue weighted by Gasteiger charge is -2.24. The standard InChI is InChI=1S/C18H22N2O3/c19-17(22)18-5-1-2-15(18)8-20(11-18)16(21)7-12-3-4-13-9-23-10-14(13)6-12/h3-4,6,15H,1-2,5,7-11H2,(H2,19,22)/t15-,18-/m0/s1. The molecule has 5 nitrogen and oxygen atoms in total. The lowest BCUT2D eigenvalue weighted by atomic mass is 9.80. The fraction of sp³-hybridized carbons (Fsp3) is 0.556. The van der Waals surface area contributed by atoms with E-state index in [-0.39, 0.29) is 17.7 Å². The molecule has 1 saturated heterocycles. The summed E-state index contributed by atoms with van der Waals surface area (Å²) in [6.07, 6.45) is 3.26. The predicted molar refractivity (Wildman–Crippen MR) is 84.2 cm³/mol. The van der Waals surface area contributed by atoms with Crippen LogP contribution in [0.5, 0.6) is 0 Å². The van der Waals surface area contributed by atoms with Crippen LogP contribution in [0.3, 0.4) is 0 Å². The Labute approximate surface area is 135 Å². The number of ether oxygens (including phenoxy) is 1. The van der Waals surface area contributed by atoms with E-state index < -0.39 is 5.41 Å². The molecule has 2 atom stereocenters. The van der Waals surface area contributed by atoms with E-state index in [0.29, 0.717) is 32.7 Å². The van der Waals surface area contributed by atoms with Crippen LogP contribution in [0.2, 0.25) is 0 Å². The molecule has 1 aliphatic carbocycles. The first-order chi connectivity index (χ1) is 11.1. The fourth-order valence-electron chi connectivity index (χ4n) is 4.50. The summed E-state index contributed by atoms with van der Waals surface area (Å²) < 4.78 is 5.42. The summed E-state index contributed by atoms with van der Waals surface area (Å²) in [4.78, 5) is 26.4. The van der Waals surface area contributed by atoms with Crippen molar-refractivity contribution in [1.29, 1.82) is 0 Å². The van der Waals surface area contributed by atoms with Gasteiger partial charge in [-0.1, -0.05) is 24.6 Å². The number of carbonyl (C=O) groups is 2. The number of hydrogen-bond donors (Lipinski definition) is 1. The Kier molecular flexibility index (Phi) is 3.41. The number of amides is 2. The van der Waals surface area contributed by atoms with Crippen molar-refractivity contribution in [2.75, 3.05) is 13.1 Å². The van der Waals surface area contributed by atoms with Crippen molar-refractivity contribution in [3.8, 4) is 0 Å². The minimum atomic E-state index is -0.471. The van der Waals surface area contributed by atoms with Gasteiger partial charge in [-0.2, -0.15) is 0 Å². The summed E-state index contributed by atoms with van der Waals surface area (Å²) in [5.74, 6) is 0.112. The number of likely N-dealkylation sites (tertiary alicyclic amines) is 1. The average Bonchev–Trinajstić information content (AvgIpc) is 3.20. The van der Waals surface area contributed by atoms with Gasteiger partial charge in [-0.05, 0) is 35.4 Å². The zero-order valence-corrected chi connectivity index (χ0v) is 13.2. The molecule has 0 unspecified atom stereocenters. The Hall–Kier alpha value is -1.88. The van der Waals surface area contributed by atoms with Gasteiger partial charge in [-0.25, -0.2) is 0 Å². The van der Waals surface area contributed by atoms with E-state index in [1.165, 1.54) is 11.1 Å². The van der Waals surface area contributed by atoms with Crippen molar-refractivity contribution in [2.45, 2.75) is 38.9 Å². The van der Waals surface area contributed by atoms with Crippen LogP contribution in [-0.4, -0.2) is 29.8 Å². The molecule has 23 heavy (non-hydrogen) atoms. The van der Waals surface area contributed by atoms with Gasteiger partial charge < -0.3 is 15.4 Å². The Balaban J connectivity index is 1.47. The van der Waals surface area contributed by atoms with Crippen LogP contribution in [0.25, 0.3) is 0 Å². The summed E-state index contributed by atoms with van der Waals surface area (Å²) in [5, 5.41) is 0. The van der Waals surface area contributed by atoms with Crippen LogP contribution < -0.4 is 5.73 Å². The smallest absolute Gasteiger partial charge is 0.227 e. The van der Waals surface area contributed by atoms with E-state index in [1.807, 2.05) is 11.0 Å². The molecule has 2 fully saturated rings. The first kappa shape index (κ1) is 14.7. The number of nitrogens with two attached hydrogens (primary N) is 1. The van der Waals surface area contributed by atoms with Crippen LogP contribution in [0.4, 0.5) is 0 Å². The average molecular weight is 314 g/mol. The third kappa shape index (κ3) is 2.34. The Morgan fingerprint density at radius 2 is 2.13 bits per heavy atom. The molecule has 2 N–H and O–H groups in total. The van der Waals surface area contributed by atoms with E-state index in [9.17, 15) is 9.59 Å². The summed E-state index contributed by atoms with van der Waals surface area (Å²) in [6.45, 7) is 2.47. The highest BCUT2D eigenvalue weighted by molar-refractivity contribution is 5.85. The number of fused-ring (bicyclic) bond motifs is 2. The fourth-order valence-corrected chi connectivity index (χ4v) is 4.50. The molecule has 0 bridgehead atoms. The van der Waals surface area contributed by atoms with E-state index in [1.54, 1.807) is 0 Å². The van der Waals surface area contributed by atoms with Crippen LogP contribution in [-0.2, 0) is 34.0 Å². The first-order valence-electron chi connectivity index (χ1n) is 8.34. The van der Waals surface area contributed by atoms with Gasteiger partial charge in [-0.3, -0.25) is 9.59 Å². The molecule has 2 amide bonds. The van der Waals surface area contributed by atoms with Crippen molar-refractivity contribution < 1.29 is 14.3 Å². The highest BCUT2D eigenvalue weighted by Crippen LogP contribution is 2.48. The summed E-state index contributed by atoms with van der Waals surface area (Å²) in [7, 11) is 0. The van der Waals surface area contributed by atoms with Gasteiger partial charge in [-0.15, -0.1) is 0 Å². The molecule has 2 aliphatic heterocycles. The second-order valence-corrected chi connectivity index (χ2v) is 7.16. The molecule has 5 heteroatoms. The Morgan fingerprint density at radius 1 is 1.30 bits per heavy atom. The highest BCUT2D eigenvalue weighted by Gasteiger charge is 2.54. The molecule has 1 aromatic carbocycles. The second-order valence-electron chi connectivity index (χ2n) is 7.16. The zero-order valence-electron chi connectivity index (χ0n) is 13.2. The maximum absolute atomic E-state index is 12.7. The quantitative estimate of drug-likeness (QED) is 0.916. The molecule has 4 rings (SSSR count). The SMILES string of the molecule is NC(=O)[C@]12CCC[C@H]1CN(C(=O)Cc1ccc3c(c1)COC3)C2. The number of nitrogens with zero attached hydrogens (tertiary/aromatic N) is 1. The minimum Gasteiger partial charge on any atom is -0.372 e. The number of carbonyl (C=O) groups excluding carboxylic acids is 2. The summed E-state index contributed by atoms with van der Waals surface area (Å²) in [5.41, 5.74) is 8.60. The molecule has 0 aromatic heterocycles. The lowest BCUT2D eigenvalue weighted by molar-refractivity contribution is -0.131. The van der Waals surface area contributed by atoms with Crippen LogP contribution >= 0.6 is 0 Å². The molecular formula is C18H22N2O3. The highest BCUT2D eigenvalue weighted by atomic mass is 16.5. The summed E-state index contributed by atoms with van der Waals surface area (Å²) >= 11 is 0. The zero-order chi connectivity index (χ0) is 16.0. The van der Waals surface area contributed by atoms with Crippen molar-refractivity contribution >= 4 is 11.8 Å². The molecule has 0 radical (unpaired) electrons. The van der Waals surface area contributed by atoms with Gasteiger partial charge >= 0.3 is 0 Å². The molecule has 0 spiro atoms. The van der Waals surface area contributed by atoms with Crippen LogP contribution in [0.1, 0.15) is 36.0 Å². The van der Waals surface area contributed by atoms with Crippen molar-refractivity contribution in [3.63, 3.8) is 0 Å². The van der Waals surface area contributed by atoms with Gasteiger partial charge in [0.1, 0.15) is 0 Å². The Morgan fingerprint density at radius 3 is 2.91 bits per heavy atom. The van der Waals surface area contributed by atoms with Crippen LogP contribution in [0, 0.1) is 11.3 Å². The van der Waals surface area contributed by atoms with Gasteiger partial charge in [0.05, 0.1) is 25.0 Å². The van der Waals surface area contributed by atoms with E-state index in [2.05, 4.69) is 12.1 Å². The number of primary amides is 1. The summed E-state index contributed by atoms with van der Waals surface area (Å²) in [6, 6.07) is 6.13. The monoisotopic (exact) mass is 314 g/mol. The molecule has 3 aliphatic rings. The topological polar surface area (TPSA) is 72.6 Å². The lowest BCUT2D eigenvalue weighted by Crippen LogP contribution is -2.41. The maximum atomic E-state index is 12.7. The van der Waals surface area contributed by atoms with Crippen molar-refractivity contribution in [2.24, 2.45) is 17.1 Å². The number of rotatable bonds is 3. The number of hydrogen-bond acceptors (Lipinski definition) is 3. The normalized spacial score (nSPS) is 28.7. The van der Waals surface area contributed by atoms with Crippen LogP contribution in [0.15, 0.2) is 18.2 Å². The Bertz CT molecular complexity index is 672. The molecule has 122 valence electrons. The third-order valence-corrected chi connectivity index (χ3v) is 5.86. The van der Waals surface area contributed by atoms with Crippen molar-refractivity contribution in [1.82, 2.24) is 4.90 Å². The van der Waals surface area contributed by atoms with E-state index >= 15 is 0 Å². The first-order valence-corrected chi connectivity index (χ1v) is 8.34. The number of benzene rings is 1. The third-order valence-electron chi connectivity index (χ3n) is 5.86. The largest absolute Gasteiger partial charge is 0.372 e. The maximum Gasteiger partial charge on any atom is 0.227 e. The van der Waals surface area contributed by atoms with Gasteiger partial charge in [0.15, 0.2) is 0 Å². The predicted octanol–water partition coefficient (Wildman–Crippen LogP) is 1.37. The molecule has 1 aromatic rings. The van der Waals surface area contributed by atoms with E-state index in [0.717, 1.165) is 24.8 Å². The molecule has 2 heterocycles.